The molecule has 2 rings (SSSR count). The lowest BCUT2D eigenvalue weighted by Gasteiger charge is -2.21. The van der Waals surface area contributed by atoms with Gasteiger partial charge in [-0.3, -0.25) is 4.79 Å². The average molecular weight is 340 g/mol. The number of carbonyl (C=O) groups excluding carboxylic acids is 1. The van der Waals surface area contributed by atoms with E-state index in [1.54, 1.807) is 6.07 Å². The number of amides is 1. The van der Waals surface area contributed by atoms with Gasteiger partial charge in [-0.1, -0.05) is 50.1 Å². The molecule has 0 aliphatic heterocycles. The lowest BCUT2D eigenvalue weighted by atomic mass is 10.2. The summed E-state index contributed by atoms with van der Waals surface area (Å²) in [5.41, 5.74) is 1.34. The molecule has 0 saturated carbocycles. The van der Waals surface area contributed by atoms with Gasteiger partial charge in [0.1, 0.15) is 11.5 Å². The number of hydrogen-bond donors (Lipinski definition) is 1. The monoisotopic (exact) mass is 340 g/mol. The molecule has 0 saturated heterocycles. The van der Waals surface area contributed by atoms with E-state index in [1.807, 2.05) is 30.3 Å². The Balaban J connectivity index is 2.31. The molecule has 0 atom stereocenters. The van der Waals surface area contributed by atoms with Gasteiger partial charge in [0.25, 0.3) is 5.91 Å². The van der Waals surface area contributed by atoms with Crippen LogP contribution >= 0.6 is 0 Å². The number of carbonyl (C=O) groups is 1. The molecule has 0 fully saturated rings. The van der Waals surface area contributed by atoms with Crippen molar-refractivity contribution >= 4 is 11.7 Å². The zero-order valence-electron chi connectivity index (χ0n) is 15.5. The van der Waals surface area contributed by atoms with Crippen LogP contribution in [0.5, 0.6) is 0 Å². The molecule has 0 spiro atoms. The van der Waals surface area contributed by atoms with Crippen molar-refractivity contribution in [2.75, 3.05) is 24.5 Å². The second kappa shape index (κ2) is 9.77. The quantitative estimate of drug-likeness (QED) is 0.703. The molecule has 25 heavy (non-hydrogen) atoms. The Morgan fingerprint density at radius 2 is 1.76 bits per heavy atom. The van der Waals surface area contributed by atoms with Gasteiger partial charge in [0.15, 0.2) is 5.82 Å². The van der Waals surface area contributed by atoms with Gasteiger partial charge in [-0.05, 0) is 20.3 Å². The fourth-order valence-electron chi connectivity index (χ4n) is 2.64. The molecular formula is C20H28N4O. The molecule has 0 aliphatic carbocycles. The molecule has 0 aliphatic rings. The highest BCUT2D eigenvalue weighted by Gasteiger charge is 2.15. The van der Waals surface area contributed by atoms with Gasteiger partial charge in [-0.15, -0.1) is 0 Å². The van der Waals surface area contributed by atoms with Crippen LogP contribution in [0.1, 0.15) is 50.5 Å². The SMILES string of the molecule is CCCCCNC(=O)c1cc(N(CC)CC)nc(-c2ccccc2)n1. The first kappa shape index (κ1) is 18.9. The lowest BCUT2D eigenvalue weighted by Crippen LogP contribution is -2.28. The van der Waals surface area contributed by atoms with Gasteiger partial charge in [0.05, 0.1) is 0 Å². The molecular weight excluding hydrogens is 312 g/mol. The molecule has 134 valence electrons. The summed E-state index contributed by atoms with van der Waals surface area (Å²) < 4.78 is 0. The topological polar surface area (TPSA) is 58.1 Å². The average Bonchev–Trinajstić information content (AvgIpc) is 2.66. The molecule has 2 aromatic rings. The summed E-state index contributed by atoms with van der Waals surface area (Å²) in [7, 11) is 0. The highest BCUT2D eigenvalue weighted by molar-refractivity contribution is 5.93. The molecule has 0 radical (unpaired) electrons. The normalized spacial score (nSPS) is 10.5. The predicted octanol–water partition coefficient (Wildman–Crippen LogP) is 3.91. The first-order valence-electron chi connectivity index (χ1n) is 9.17. The van der Waals surface area contributed by atoms with Gasteiger partial charge in [-0.25, -0.2) is 9.97 Å². The fourth-order valence-corrected chi connectivity index (χ4v) is 2.64. The van der Waals surface area contributed by atoms with E-state index in [1.165, 1.54) is 0 Å². The predicted molar refractivity (Wildman–Crippen MR) is 103 cm³/mol. The molecule has 5 nitrogen and oxygen atoms in total. The summed E-state index contributed by atoms with van der Waals surface area (Å²) in [6.07, 6.45) is 3.24. The van der Waals surface area contributed by atoms with Crippen LogP contribution in [0.4, 0.5) is 5.82 Å². The number of rotatable bonds is 9. The van der Waals surface area contributed by atoms with Crippen LogP contribution in [0.3, 0.4) is 0 Å². The number of unbranched alkanes of at least 4 members (excludes halogenated alkanes) is 2. The summed E-state index contributed by atoms with van der Waals surface area (Å²) in [4.78, 5) is 23.8. The smallest absolute Gasteiger partial charge is 0.270 e. The van der Waals surface area contributed by atoms with E-state index < -0.39 is 0 Å². The summed E-state index contributed by atoms with van der Waals surface area (Å²) in [5.74, 6) is 1.24. The second-order valence-corrected chi connectivity index (χ2v) is 5.94. The second-order valence-electron chi connectivity index (χ2n) is 5.94. The zero-order valence-corrected chi connectivity index (χ0v) is 15.5. The van der Waals surface area contributed by atoms with Crippen LogP contribution in [0.15, 0.2) is 36.4 Å². The van der Waals surface area contributed by atoms with Crippen LogP contribution in [0.25, 0.3) is 11.4 Å². The van der Waals surface area contributed by atoms with E-state index in [0.717, 1.165) is 43.7 Å². The van der Waals surface area contributed by atoms with Crippen molar-refractivity contribution in [1.82, 2.24) is 15.3 Å². The Bertz CT molecular complexity index is 669. The molecule has 5 heteroatoms. The minimum Gasteiger partial charge on any atom is -0.357 e. The van der Waals surface area contributed by atoms with E-state index in [-0.39, 0.29) is 5.91 Å². The van der Waals surface area contributed by atoms with E-state index >= 15 is 0 Å². The number of nitrogens with one attached hydrogen (secondary N) is 1. The van der Waals surface area contributed by atoms with Gasteiger partial charge < -0.3 is 10.2 Å². The maximum absolute atomic E-state index is 12.5. The number of hydrogen-bond acceptors (Lipinski definition) is 4. The van der Waals surface area contributed by atoms with Gasteiger partial charge in [0.2, 0.25) is 0 Å². The van der Waals surface area contributed by atoms with Crippen LogP contribution in [-0.4, -0.2) is 35.5 Å². The van der Waals surface area contributed by atoms with E-state index in [2.05, 4.69) is 41.0 Å². The molecule has 0 bridgehead atoms. The Labute approximate surface area is 150 Å². The number of benzene rings is 1. The minimum absolute atomic E-state index is 0.135. The number of anilines is 1. The van der Waals surface area contributed by atoms with E-state index in [4.69, 9.17) is 0 Å². The van der Waals surface area contributed by atoms with E-state index in [9.17, 15) is 4.79 Å². The third-order valence-electron chi connectivity index (χ3n) is 4.13. The Hall–Kier alpha value is -2.43. The lowest BCUT2D eigenvalue weighted by molar-refractivity contribution is 0.0948. The summed E-state index contributed by atoms with van der Waals surface area (Å²) in [6.45, 7) is 8.65. The first-order valence-corrected chi connectivity index (χ1v) is 9.17. The van der Waals surface area contributed by atoms with Gasteiger partial charge in [0, 0.05) is 31.3 Å². The minimum atomic E-state index is -0.135. The van der Waals surface area contributed by atoms with Crippen LogP contribution < -0.4 is 10.2 Å². The molecule has 0 unspecified atom stereocenters. The van der Waals surface area contributed by atoms with E-state index in [0.29, 0.717) is 18.1 Å². The molecule has 1 heterocycles. The Morgan fingerprint density at radius 1 is 1.04 bits per heavy atom. The summed E-state index contributed by atoms with van der Waals surface area (Å²) >= 11 is 0. The van der Waals surface area contributed by atoms with Crippen molar-refractivity contribution in [3.63, 3.8) is 0 Å². The summed E-state index contributed by atoms with van der Waals surface area (Å²) in [5, 5.41) is 2.97. The third-order valence-corrected chi connectivity index (χ3v) is 4.13. The van der Waals surface area contributed by atoms with Crippen molar-refractivity contribution in [2.45, 2.75) is 40.0 Å². The Morgan fingerprint density at radius 3 is 2.40 bits per heavy atom. The highest BCUT2D eigenvalue weighted by atomic mass is 16.1. The first-order chi connectivity index (χ1) is 12.2. The Kier molecular flexibility index (Phi) is 7.38. The fraction of sp³-hybridized carbons (Fsp3) is 0.450. The van der Waals surface area contributed by atoms with Gasteiger partial charge in [-0.2, -0.15) is 0 Å². The molecule has 1 aromatic carbocycles. The summed E-state index contributed by atoms with van der Waals surface area (Å²) in [6, 6.07) is 11.6. The molecule has 1 amide bonds. The largest absolute Gasteiger partial charge is 0.357 e. The van der Waals surface area contributed by atoms with Crippen molar-refractivity contribution in [3.8, 4) is 11.4 Å². The van der Waals surface area contributed by atoms with Gasteiger partial charge >= 0.3 is 0 Å². The van der Waals surface area contributed by atoms with Crippen LogP contribution in [0.2, 0.25) is 0 Å². The maximum atomic E-state index is 12.5. The zero-order chi connectivity index (χ0) is 18.1. The third kappa shape index (κ3) is 5.28. The van der Waals surface area contributed by atoms with Crippen molar-refractivity contribution < 1.29 is 4.79 Å². The number of aromatic nitrogens is 2. The highest BCUT2D eigenvalue weighted by Crippen LogP contribution is 2.20. The molecule has 1 N–H and O–H groups in total. The standard InChI is InChI=1S/C20H28N4O/c1-4-7-11-14-21-20(25)17-15-18(24(5-2)6-3)23-19(22-17)16-12-9-8-10-13-16/h8-10,12-13,15H,4-7,11,14H2,1-3H3,(H,21,25). The van der Waals surface area contributed by atoms with Crippen molar-refractivity contribution in [1.29, 1.82) is 0 Å². The van der Waals surface area contributed by atoms with Crippen molar-refractivity contribution in [2.24, 2.45) is 0 Å². The van der Waals surface area contributed by atoms with Crippen LogP contribution in [-0.2, 0) is 0 Å². The maximum Gasteiger partial charge on any atom is 0.270 e. The van der Waals surface area contributed by atoms with Crippen LogP contribution in [0, 0.1) is 0 Å². The number of nitrogens with zero attached hydrogens (tertiary/aromatic N) is 3. The molecule has 1 aromatic heterocycles. The van der Waals surface area contributed by atoms with Crippen molar-refractivity contribution in [3.05, 3.63) is 42.1 Å².